The second-order valence-corrected chi connectivity index (χ2v) is 7.01. The Hall–Kier alpha value is -2.46. The van der Waals surface area contributed by atoms with E-state index in [0.29, 0.717) is 12.1 Å². The molecule has 3 rings (SSSR count). The minimum absolute atomic E-state index is 0.110. The lowest BCUT2D eigenvalue weighted by molar-refractivity contribution is -0.148. The van der Waals surface area contributed by atoms with Crippen molar-refractivity contribution in [3.8, 4) is 0 Å². The number of fused-ring (bicyclic) bond motifs is 1. The van der Waals surface area contributed by atoms with Crippen LogP contribution in [0.5, 0.6) is 0 Å². The highest BCUT2D eigenvalue weighted by Gasteiger charge is 2.39. The first kappa shape index (κ1) is 20.3. The molecule has 0 aliphatic carbocycles. The highest BCUT2D eigenvalue weighted by molar-refractivity contribution is 6.05. The molecule has 4 N–H and O–H groups in total. The first-order chi connectivity index (χ1) is 13.2. The van der Waals surface area contributed by atoms with E-state index in [1.165, 1.54) is 4.90 Å². The van der Waals surface area contributed by atoms with Crippen LogP contribution in [0.1, 0.15) is 40.7 Å². The second kappa shape index (κ2) is 7.88. The zero-order valence-electron chi connectivity index (χ0n) is 15.0. The van der Waals surface area contributed by atoms with Crippen LogP contribution in [0.4, 0.5) is 13.2 Å². The van der Waals surface area contributed by atoms with Crippen molar-refractivity contribution in [3.05, 3.63) is 34.9 Å². The van der Waals surface area contributed by atoms with Gasteiger partial charge in [0.1, 0.15) is 12.1 Å². The highest BCUT2D eigenvalue weighted by atomic mass is 19.4. The lowest BCUT2D eigenvalue weighted by Gasteiger charge is -2.29. The zero-order valence-corrected chi connectivity index (χ0v) is 15.0. The number of alkyl halides is 3. The number of nitrogens with two attached hydrogens (primary N) is 1. The minimum Gasteiger partial charge on any atom is -0.322 e. The number of nitrogens with one attached hydrogen (secondary N) is 2. The molecule has 2 heterocycles. The number of hydrogen-bond acceptors (Lipinski definition) is 5. The molecule has 3 amide bonds. The molecule has 28 heavy (non-hydrogen) atoms. The van der Waals surface area contributed by atoms with Crippen LogP contribution in [-0.4, -0.2) is 47.4 Å². The molecule has 0 spiro atoms. The minimum atomic E-state index is -4.41. The van der Waals surface area contributed by atoms with E-state index in [-0.39, 0.29) is 44.2 Å². The van der Waals surface area contributed by atoms with Gasteiger partial charge in [0.2, 0.25) is 11.8 Å². The van der Waals surface area contributed by atoms with Gasteiger partial charge in [0.25, 0.3) is 5.91 Å². The van der Waals surface area contributed by atoms with Gasteiger partial charge < -0.3 is 16.0 Å². The van der Waals surface area contributed by atoms with E-state index < -0.39 is 24.2 Å². The molecular formula is C18H21F3N4O3. The summed E-state index contributed by atoms with van der Waals surface area (Å²) in [4.78, 5) is 37.4. The lowest BCUT2D eigenvalue weighted by atomic mass is 10.0. The Labute approximate surface area is 159 Å². The highest BCUT2D eigenvalue weighted by Crippen LogP contribution is 2.28. The number of benzene rings is 1. The molecule has 1 saturated heterocycles. The second-order valence-electron chi connectivity index (χ2n) is 7.01. The Morgan fingerprint density at radius 3 is 2.71 bits per heavy atom. The molecule has 2 atom stereocenters. The Bertz CT molecular complexity index is 797. The molecule has 152 valence electrons. The van der Waals surface area contributed by atoms with E-state index in [0.717, 1.165) is 11.1 Å². The van der Waals surface area contributed by atoms with Crippen LogP contribution in [-0.2, 0) is 22.7 Å². The molecule has 0 bridgehead atoms. The summed E-state index contributed by atoms with van der Waals surface area (Å²) in [5.41, 5.74) is 7.12. The number of hydrogen-bond donors (Lipinski definition) is 3. The third kappa shape index (κ3) is 4.33. The largest absolute Gasteiger partial charge is 0.403 e. The predicted molar refractivity (Wildman–Crippen MR) is 92.8 cm³/mol. The summed E-state index contributed by atoms with van der Waals surface area (Å²) in [6.07, 6.45) is -4.16. The number of rotatable bonds is 6. The maximum atomic E-state index is 12.6. The summed E-state index contributed by atoms with van der Waals surface area (Å²) in [5, 5.41) is 5.16. The van der Waals surface area contributed by atoms with Gasteiger partial charge in [0.15, 0.2) is 0 Å². The molecule has 2 aliphatic heterocycles. The number of nitrogens with zero attached hydrogens (tertiary/aromatic N) is 1. The van der Waals surface area contributed by atoms with Crippen LogP contribution in [0, 0.1) is 0 Å². The van der Waals surface area contributed by atoms with Gasteiger partial charge >= 0.3 is 6.18 Å². The van der Waals surface area contributed by atoms with Crippen molar-refractivity contribution in [1.29, 1.82) is 0 Å². The van der Waals surface area contributed by atoms with E-state index >= 15 is 0 Å². The summed E-state index contributed by atoms with van der Waals surface area (Å²) in [5.74, 6) is -1.08. The van der Waals surface area contributed by atoms with E-state index in [9.17, 15) is 27.6 Å². The van der Waals surface area contributed by atoms with Gasteiger partial charge in [0.05, 0.1) is 0 Å². The number of halogens is 3. The van der Waals surface area contributed by atoms with Gasteiger partial charge in [0, 0.05) is 25.1 Å². The molecule has 0 radical (unpaired) electrons. The summed E-state index contributed by atoms with van der Waals surface area (Å²) in [7, 11) is 0. The van der Waals surface area contributed by atoms with Gasteiger partial charge in [-0.1, -0.05) is 12.1 Å². The van der Waals surface area contributed by atoms with Crippen molar-refractivity contribution in [2.24, 2.45) is 5.73 Å². The van der Waals surface area contributed by atoms with Crippen LogP contribution in [0.15, 0.2) is 18.2 Å². The number of piperidine rings is 1. The van der Waals surface area contributed by atoms with E-state index in [1.54, 1.807) is 18.2 Å². The molecule has 1 aromatic carbocycles. The molecule has 0 saturated carbocycles. The molecule has 2 aliphatic rings. The normalized spacial score (nSPS) is 20.9. The standard InChI is InChI=1S/C18H21F3N4O3/c19-18(20,21)14(22)5-6-23-8-10-1-2-12-11(7-10)9-25(17(12)28)13-3-4-15(26)24-16(13)27/h1-2,7,13-14,23H,3-6,8-9,22H2,(H,24,26,27). The van der Waals surface area contributed by atoms with Crippen LogP contribution in [0.3, 0.4) is 0 Å². The molecule has 0 aromatic heterocycles. The fourth-order valence-electron chi connectivity index (χ4n) is 3.39. The first-order valence-corrected chi connectivity index (χ1v) is 8.96. The van der Waals surface area contributed by atoms with Crippen molar-refractivity contribution >= 4 is 17.7 Å². The third-order valence-electron chi connectivity index (χ3n) is 4.97. The molecule has 2 unspecified atom stereocenters. The summed E-state index contributed by atoms with van der Waals surface area (Å²) < 4.78 is 37.2. The predicted octanol–water partition coefficient (Wildman–Crippen LogP) is 0.817. The molecular weight excluding hydrogens is 377 g/mol. The summed E-state index contributed by atoms with van der Waals surface area (Å²) in [6, 6.07) is 2.64. The molecule has 1 fully saturated rings. The first-order valence-electron chi connectivity index (χ1n) is 8.96. The van der Waals surface area contributed by atoms with Crippen molar-refractivity contribution < 1.29 is 27.6 Å². The van der Waals surface area contributed by atoms with Crippen LogP contribution >= 0.6 is 0 Å². The van der Waals surface area contributed by atoms with E-state index in [1.807, 2.05) is 0 Å². The Kier molecular flexibility index (Phi) is 5.71. The number of carbonyl (C=O) groups excluding carboxylic acids is 3. The van der Waals surface area contributed by atoms with E-state index in [4.69, 9.17) is 5.73 Å². The summed E-state index contributed by atoms with van der Waals surface area (Å²) >= 11 is 0. The van der Waals surface area contributed by atoms with Gasteiger partial charge in [-0.2, -0.15) is 13.2 Å². The van der Waals surface area contributed by atoms with Gasteiger partial charge in [-0.25, -0.2) is 0 Å². The molecule has 10 heteroatoms. The third-order valence-corrected chi connectivity index (χ3v) is 4.97. The van der Waals surface area contributed by atoms with Crippen LogP contribution < -0.4 is 16.4 Å². The van der Waals surface area contributed by atoms with E-state index in [2.05, 4.69) is 10.6 Å². The lowest BCUT2D eigenvalue weighted by Crippen LogP contribution is -2.52. The van der Waals surface area contributed by atoms with Crippen molar-refractivity contribution in [2.75, 3.05) is 6.54 Å². The molecule has 1 aromatic rings. The smallest absolute Gasteiger partial charge is 0.322 e. The number of carbonyl (C=O) groups is 3. The Morgan fingerprint density at radius 2 is 2.04 bits per heavy atom. The average molecular weight is 398 g/mol. The van der Waals surface area contributed by atoms with Gasteiger partial charge in [-0.3, -0.25) is 19.7 Å². The summed E-state index contributed by atoms with van der Waals surface area (Å²) in [6.45, 7) is 0.705. The number of imide groups is 1. The maximum Gasteiger partial charge on any atom is 0.403 e. The van der Waals surface area contributed by atoms with Gasteiger partial charge in [-0.05, 0) is 36.6 Å². The topological polar surface area (TPSA) is 105 Å². The van der Waals surface area contributed by atoms with Crippen LogP contribution in [0.2, 0.25) is 0 Å². The fourth-order valence-corrected chi connectivity index (χ4v) is 3.39. The Balaban J connectivity index is 1.57. The Morgan fingerprint density at radius 1 is 1.29 bits per heavy atom. The zero-order chi connectivity index (χ0) is 20.5. The van der Waals surface area contributed by atoms with Crippen molar-refractivity contribution in [3.63, 3.8) is 0 Å². The van der Waals surface area contributed by atoms with Crippen molar-refractivity contribution in [2.45, 2.75) is 50.6 Å². The number of amides is 3. The monoisotopic (exact) mass is 398 g/mol. The van der Waals surface area contributed by atoms with Crippen LogP contribution in [0.25, 0.3) is 0 Å². The maximum absolute atomic E-state index is 12.6. The SMILES string of the molecule is NC(CCNCc1ccc2c(c1)CN(C1CCC(=O)NC1=O)C2=O)C(F)(F)F. The van der Waals surface area contributed by atoms with Gasteiger partial charge in [-0.15, -0.1) is 0 Å². The average Bonchev–Trinajstić information content (AvgIpc) is 2.94. The van der Waals surface area contributed by atoms with Crippen molar-refractivity contribution in [1.82, 2.24) is 15.5 Å². The quantitative estimate of drug-likeness (QED) is 0.486. The molecule has 7 nitrogen and oxygen atoms in total. The fraction of sp³-hybridized carbons (Fsp3) is 0.500.